The Bertz CT molecular complexity index is 791. The maximum absolute atomic E-state index is 12.7. The van der Waals surface area contributed by atoms with Crippen LogP contribution < -0.4 is 4.90 Å². The third-order valence-electron chi connectivity index (χ3n) is 4.88. The number of ether oxygens (including phenoxy) is 1. The van der Waals surface area contributed by atoms with Crippen LogP contribution in [-0.4, -0.2) is 69.5 Å². The van der Waals surface area contributed by atoms with E-state index in [1.54, 1.807) is 23.1 Å². The van der Waals surface area contributed by atoms with Crippen LogP contribution in [0.5, 0.6) is 0 Å². The van der Waals surface area contributed by atoms with Crippen molar-refractivity contribution >= 4 is 27.4 Å². The number of nitrogens with zero attached hydrogens (tertiary/aromatic N) is 2. The minimum Gasteiger partial charge on any atom is -0.452 e. The largest absolute Gasteiger partial charge is 0.452 e. The number of rotatable bonds is 7. The van der Waals surface area contributed by atoms with Gasteiger partial charge < -0.3 is 14.5 Å². The molecule has 1 aliphatic heterocycles. The van der Waals surface area contributed by atoms with Gasteiger partial charge in [0.2, 0.25) is 0 Å². The van der Waals surface area contributed by atoms with Gasteiger partial charge in [0.05, 0.1) is 17.1 Å². The predicted molar refractivity (Wildman–Crippen MR) is 105 cm³/mol. The molecule has 1 fully saturated rings. The van der Waals surface area contributed by atoms with Gasteiger partial charge in [0.25, 0.3) is 5.91 Å². The van der Waals surface area contributed by atoms with E-state index in [0.717, 1.165) is 5.69 Å². The third-order valence-corrected chi connectivity index (χ3v) is 6.63. The van der Waals surface area contributed by atoms with Gasteiger partial charge in [0.15, 0.2) is 16.4 Å². The topological polar surface area (TPSA) is 84.0 Å². The SMILES string of the molecule is CC[C@@H](C)N(C(=O)COC(=O)c1cccc(N(C)C)c1)[C@@H]1CCS(=O)(=O)C1. The summed E-state index contributed by atoms with van der Waals surface area (Å²) in [4.78, 5) is 28.4. The van der Waals surface area contributed by atoms with E-state index >= 15 is 0 Å². The first-order valence-corrected chi connectivity index (χ1v) is 10.9. The van der Waals surface area contributed by atoms with Crippen molar-refractivity contribution in [3.8, 4) is 0 Å². The molecule has 0 saturated carbocycles. The second-order valence-electron chi connectivity index (χ2n) is 7.14. The van der Waals surface area contributed by atoms with E-state index in [9.17, 15) is 18.0 Å². The van der Waals surface area contributed by atoms with E-state index in [1.807, 2.05) is 38.9 Å². The van der Waals surface area contributed by atoms with Crippen LogP contribution in [0.1, 0.15) is 37.0 Å². The first-order chi connectivity index (χ1) is 12.6. The van der Waals surface area contributed by atoms with Gasteiger partial charge in [-0.1, -0.05) is 13.0 Å². The van der Waals surface area contributed by atoms with Crippen LogP contribution in [0.15, 0.2) is 24.3 Å². The van der Waals surface area contributed by atoms with E-state index in [-0.39, 0.29) is 29.5 Å². The quantitative estimate of drug-likeness (QED) is 0.653. The summed E-state index contributed by atoms with van der Waals surface area (Å²) in [5.74, 6) is -0.865. The number of hydrogen-bond donors (Lipinski definition) is 0. The molecular weight excluding hydrogens is 368 g/mol. The Labute approximate surface area is 161 Å². The molecule has 1 aliphatic rings. The zero-order chi connectivity index (χ0) is 20.2. The van der Waals surface area contributed by atoms with E-state index in [0.29, 0.717) is 18.4 Å². The standard InChI is InChI=1S/C19H28N2O5S/c1-5-14(2)21(17-9-10-27(24,25)13-17)18(22)12-26-19(23)15-7-6-8-16(11-15)20(3)4/h6-8,11,14,17H,5,9-10,12-13H2,1-4H3/t14-,17-/m1/s1. The molecule has 0 N–H and O–H groups in total. The van der Waals surface area contributed by atoms with Crippen LogP contribution in [0.25, 0.3) is 0 Å². The molecule has 7 nitrogen and oxygen atoms in total. The molecule has 27 heavy (non-hydrogen) atoms. The number of carbonyl (C=O) groups excluding carboxylic acids is 2. The maximum atomic E-state index is 12.7. The molecule has 150 valence electrons. The highest BCUT2D eigenvalue weighted by Crippen LogP contribution is 2.22. The van der Waals surface area contributed by atoms with E-state index < -0.39 is 22.4 Å². The lowest BCUT2D eigenvalue weighted by Crippen LogP contribution is -2.48. The molecule has 0 aromatic heterocycles. The van der Waals surface area contributed by atoms with Crippen LogP contribution in [0.4, 0.5) is 5.69 Å². The summed E-state index contributed by atoms with van der Waals surface area (Å²) in [6, 6.07) is 6.48. The van der Waals surface area contributed by atoms with Gasteiger partial charge in [-0.2, -0.15) is 0 Å². The zero-order valence-corrected chi connectivity index (χ0v) is 17.2. The van der Waals surface area contributed by atoms with Crippen molar-refractivity contribution in [2.75, 3.05) is 37.1 Å². The van der Waals surface area contributed by atoms with Crippen molar-refractivity contribution in [3.05, 3.63) is 29.8 Å². The zero-order valence-electron chi connectivity index (χ0n) is 16.3. The summed E-state index contributed by atoms with van der Waals surface area (Å²) in [7, 11) is 0.628. The van der Waals surface area contributed by atoms with Crippen LogP contribution in [0.2, 0.25) is 0 Å². The number of anilines is 1. The van der Waals surface area contributed by atoms with Crippen LogP contribution in [0, 0.1) is 0 Å². The minimum absolute atomic E-state index is 0.0259. The Morgan fingerprint density at radius 3 is 2.56 bits per heavy atom. The molecule has 2 atom stereocenters. The summed E-state index contributed by atoms with van der Waals surface area (Å²) >= 11 is 0. The second kappa shape index (κ2) is 8.73. The Morgan fingerprint density at radius 1 is 1.30 bits per heavy atom. The van der Waals surface area contributed by atoms with E-state index in [4.69, 9.17) is 4.74 Å². The third kappa shape index (κ3) is 5.45. The van der Waals surface area contributed by atoms with Gasteiger partial charge >= 0.3 is 5.97 Å². The minimum atomic E-state index is -3.11. The van der Waals surface area contributed by atoms with Crippen molar-refractivity contribution in [2.24, 2.45) is 0 Å². The smallest absolute Gasteiger partial charge is 0.338 e. The van der Waals surface area contributed by atoms with Gasteiger partial charge in [-0.25, -0.2) is 13.2 Å². The van der Waals surface area contributed by atoms with Crippen molar-refractivity contribution in [1.82, 2.24) is 4.90 Å². The highest BCUT2D eigenvalue weighted by Gasteiger charge is 2.36. The summed E-state index contributed by atoms with van der Waals surface area (Å²) in [6.07, 6.45) is 1.12. The Balaban J connectivity index is 2.05. The molecule has 1 saturated heterocycles. The number of carbonyl (C=O) groups is 2. The lowest BCUT2D eigenvalue weighted by atomic mass is 10.1. The fraction of sp³-hybridized carbons (Fsp3) is 0.579. The molecule has 8 heteroatoms. The van der Waals surface area contributed by atoms with Gasteiger partial charge in [-0.3, -0.25) is 4.79 Å². The van der Waals surface area contributed by atoms with Crippen LogP contribution >= 0.6 is 0 Å². The van der Waals surface area contributed by atoms with Gasteiger partial charge in [0, 0.05) is 31.9 Å². The molecule has 1 aromatic rings. The molecule has 1 heterocycles. The van der Waals surface area contributed by atoms with Crippen LogP contribution in [0.3, 0.4) is 0 Å². The number of sulfone groups is 1. The second-order valence-corrected chi connectivity index (χ2v) is 9.36. The molecule has 1 aromatic carbocycles. The molecule has 0 unspecified atom stereocenters. The summed E-state index contributed by atoms with van der Waals surface area (Å²) < 4.78 is 28.8. The summed E-state index contributed by atoms with van der Waals surface area (Å²) in [6.45, 7) is 3.42. The van der Waals surface area contributed by atoms with Gasteiger partial charge in [0.1, 0.15) is 0 Å². The number of hydrogen-bond acceptors (Lipinski definition) is 6. The van der Waals surface area contributed by atoms with E-state index in [1.165, 1.54) is 0 Å². The monoisotopic (exact) mass is 396 g/mol. The van der Waals surface area contributed by atoms with Crippen molar-refractivity contribution in [3.63, 3.8) is 0 Å². The number of benzene rings is 1. The molecule has 0 radical (unpaired) electrons. The summed E-state index contributed by atoms with van der Waals surface area (Å²) in [5.41, 5.74) is 1.22. The maximum Gasteiger partial charge on any atom is 0.338 e. The average molecular weight is 397 g/mol. The lowest BCUT2D eigenvalue weighted by Gasteiger charge is -2.33. The Hall–Kier alpha value is -2.09. The Morgan fingerprint density at radius 2 is 2.00 bits per heavy atom. The molecular formula is C19H28N2O5S. The average Bonchev–Trinajstić information content (AvgIpc) is 2.98. The van der Waals surface area contributed by atoms with Crippen molar-refractivity contribution < 1.29 is 22.7 Å². The number of amides is 1. The van der Waals surface area contributed by atoms with Crippen molar-refractivity contribution in [1.29, 1.82) is 0 Å². The van der Waals surface area contributed by atoms with Crippen LogP contribution in [-0.2, 0) is 19.4 Å². The molecule has 0 spiro atoms. The molecule has 0 bridgehead atoms. The number of esters is 1. The highest BCUT2D eigenvalue weighted by molar-refractivity contribution is 7.91. The molecule has 1 amide bonds. The molecule has 0 aliphatic carbocycles. The fourth-order valence-corrected chi connectivity index (χ4v) is 4.91. The van der Waals surface area contributed by atoms with Gasteiger partial charge in [-0.15, -0.1) is 0 Å². The lowest BCUT2D eigenvalue weighted by molar-refractivity contribution is -0.138. The highest BCUT2D eigenvalue weighted by atomic mass is 32.2. The summed E-state index contributed by atoms with van der Waals surface area (Å²) in [5, 5.41) is 0. The first-order valence-electron chi connectivity index (χ1n) is 9.10. The predicted octanol–water partition coefficient (Wildman–Crippen LogP) is 1.72. The fourth-order valence-electron chi connectivity index (χ4n) is 3.20. The first kappa shape index (κ1) is 21.2. The van der Waals surface area contributed by atoms with Gasteiger partial charge in [-0.05, 0) is 38.0 Å². The molecule has 2 rings (SSSR count). The Kier molecular flexibility index (Phi) is 6.86. The van der Waals surface area contributed by atoms with Crippen molar-refractivity contribution in [2.45, 2.75) is 38.8 Å². The normalized spacial score (nSPS) is 19.3. The van der Waals surface area contributed by atoms with E-state index in [2.05, 4.69) is 0 Å².